The molecule has 3 aromatic rings. The van der Waals surface area contributed by atoms with Crippen LogP contribution in [0.1, 0.15) is 18.5 Å². The van der Waals surface area contributed by atoms with Crippen LogP contribution in [0, 0.1) is 0 Å². The third kappa shape index (κ3) is 2.49. The van der Waals surface area contributed by atoms with Crippen molar-refractivity contribution in [1.29, 1.82) is 0 Å². The number of hydrogen-bond donors (Lipinski definition) is 1. The number of nitrogens with two attached hydrogens (primary N) is 1. The number of nitrogens with zero attached hydrogens (tertiary/aromatic N) is 1. The molecule has 0 bridgehead atoms. The number of rotatable bonds is 3. The van der Waals surface area contributed by atoms with Gasteiger partial charge in [0, 0.05) is 23.7 Å². The van der Waals surface area contributed by atoms with Gasteiger partial charge >= 0.3 is 0 Å². The molecule has 1 heterocycles. The van der Waals surface area contributed by atoms with Crippen LogP contribution in [0.5, 0.6) is 11.6 Å². The maximum atomic E-state index is 5.92. The molecule has 0 aliphatic heterocycles. The topological polar surface area (TPSA) is 48.1 Å². The molecule has 3 heteroatoms. The summed E-state index contributed by atoms with van der Waals surface area (Å²) < 4.78 is 5.92. The van der Waals surface area contributed by atoms with Gasteiger partial charge in [0.05, 0.1) is 0 Å². The van der Waals surface area contributed by atoms with Crippen molar-refractivity contribution in [2.24, 2.45) is 5.73 Å². The van der Waals surface area contributed by atoms with E-state index in [1.54, 1.807) is 6.20 Å². The average Bonchev–Trinajstić information content (AvgIpc) is 2.48. The van der Waals surface area contributed by atoms with Crippen molar-refractivity contribution in [3.63, 3.8) is 0 Å². The van der Waals surface area contributed by atoms with Crippen LogP contribution < -0.4 is 10.5 Å². The van der Waals surface area contributed by atoms with Gasteiger partial charge in [0.25, 0.3) is 0 Å². The summed E-state index contributed by atoms with van der Waals surface area (Å²) in [5.41, 5.74) is 6.89. The van der Waals surface area contributed by atoms with Gasteiger partial charge in [-0.2, -0.15) is 0 Å². The Morgan fingerprint density at radius 2 is 1.85 bits per heavy atom. The van der Waals surface area contributed by atoms with Gasteiger partial charge in [-0.1, -0.05) is 36.4 Å². The van der Waals surface area contributed by atoms with Crippen molar-refractivity contribution in [2.45, 2.75) is 13.0 Å². The van der Waals surface area contributed by atoms with E-state index in [-0.39, 0.29) is 6.04 Å². The standard InChI is InChI=1S/C17H16N2O/c1-12(18)14-9-10-19-17(11-14)20-16-8-4-6-13-5-2-3-7-15(13)16/h2-12H,18H2,1H3/t12-/m1/s1. The SMILES string of the molecule is C[C@@H](N)c1ccnc(Oc2cccc3ccccc23)c1. The van der Waals surface area contributed by atoms with Gasteiger partial charge in [-0.3, -0.25) is 0 Å². The number of aromatic nitrogens is 1. The molecule has 20 heavy (non-hydrogen) atoms. The molecule has 3 rings (SSSR count). The molecule has 0 aliphatic carbocycles. The number of hydrogen-bond acceptors (Lipinski definition) is 3. The van der Waals surface area contributed by atoms with Gasteiger partial charge in [0.15, 0.2) is 0 Å². The molecule has 0 spiro atoms. The Hall–Kier alpha value is -2.39. The van der Waals surface area contributed by atoms with Gasteiger partial charge in [0.2, 0.25) is 5.88 Å². The zero-order chi connectivity index (χ0) is 13.9. The fourth-order valence-electron chi connectivity index (χ4n) is 2.16. The van der Waals surface area contributed by atoms with Gasteiger partial charge in [0.1, 0.15) is 5.75 Å². The lowest BCUT2D eigenvalue weighted by atomic mass is 10.1. The molecule has 2 N–H and O–H groups in total. The highest BCUT2D eigenvalue weighted by Gasteiger charge is 2.06. The van der Waals surface area contributed by atoms with E-state index in [0.717, 1.165) is 22.1 Å². The first-order valence-electron chi connectivity index (χ1n) is 6.61. The average molecular weight is 264 g/mol. The molecular weight excluding hydrogens is 248 g/mol. The molecule has 0 radical (unpaired) electrons. The lowest BCUT2D eigenvalue weighted by Crippen LogP contribution is -2.05. The first-order chi connectivity index (χ1) is 9.74. The minimum Gasteiger partial charge on any atom is -0.438 e. The Balaban J connectivity index is 1.99. The summed E-state index contributed by atoms with van der Waals surface area (Å²) in [5, 5.41) is 2.22. The highest BCUT2D eigenvalue weighted by molar-refractivity contribution is 5.88. The summed E-state index contributed by atoms with van der Waals surface area (Å²) in [4.78, 5) is 4.25. The van der Waals surface area contributed by atoms with E-state index in [2.05, 4.69) is 17.1 Å². The van der Waals surface area contributed by atoms with E-state index in [1.165, 1.54) is 0 Å². The Morgan fingerprint density at radius 1 is 1.05 bits per heavy atom. The van der Waals surface area contributed by atoms with Crippen LogP contribution in [-0.2, 0) is 0 Å². The van der Waals surface area contributed by atoms with Gasteiger partial charge in [-0.15, -0.1) is 0 Å². The molecule has 0 aliphatic rings. The summed E-state index contributed by atoms with van der Waals surface area (Å²) in [6, 6.07) is 17.9. The summed E-state index contributed by atoms with van der Waals surface area (Å²) in [7, 11) is 0. The van der Waals surface area contributed by atoms with Crippen molar-refractivity contribution in [3.05, 3.63) is 66.4 Å². The van der Waals surface area contributed by atoms with Crippen molar-refractivity contribution in [2.75, 3.05) is 0 Å². The summed E-state index contributed by atoms with van der Waals surface area (Å²) >= 11 is 0. The second kappa shape index (κ2) is 5.31. The van der Waals surface area contributed by atoms with E-state index in [1.807, 2.05) is 49.4 Å². The molecule has 0 amide bonds. The minimum absolute atomic E-state index is 0.0344. The van der Waals surface area contributed by atoms with Crippen LogP contribution in [0.15, 0.2) is 60.8 Å². The molecule has 3 nitrogen and oxygen atoms in total. The van der Waals surface area contributed by atoms with Crippen molar-refractivity contribution in [1.82, 2.24) is 4.98 Å². The van der Waals surface area contributed by atoms with Crippen molar-refractivity contribution >= 4 is 10.8 Å². The second-order valence-electron chi connectivity index (χ2n) is 4.80. The van der Waals surface area contributed by atoms with E-state index in [4.69, 9.17) is 10.5 Å². The number of benzene rings is 2. The fourth-order valence-corrected chi connectivity index (χ4v) is 2.16. The lowest BCUT2D eigenvalue weighted by molar-refractivity contribution is 0.467. The predicted molar refractivity (Wildman–Crippen MR) is 80.9 cm³/mol. The zero-order valence-electron chi connectivity index (χ0n) is 11.3. The number of fused-ring (bicyclic) bond motifs is 1. The van der Waals surface area contributed by atoms with Crippen LogP contribution in [-0.4, -0.2) is 4.98 Å². The van der Waals surface area contributed by atoms with Gasteiger partial charge in [-0.25, -0.2) is 4.98 Å². The highest BCUT2D eigenvalue weighted by Crippen LogP contribution is 2.29. The molecular formula is C17H16N2O. The first kappa shape index (κ1) is 12.6. The molecule has 100 valence electrons. The molecule has 0 unspecified atom stereocenters. The molecule has 0 saturated heterocycles. The molecule has 2 aromatic carbocycles. The first-order valence-corrected chi connectivity index (χ1v) is 6.61. The number of pyridine rings is 1. The lowest BCUT2D eigenvalue weighted by Gasteiger charge is -2.10. The van der Waals surface area contributed by atoms with Crippen LogP contribution >= 0.6 is 0 Å². The Morgan fingerprint density at radius 3 is 2.70 bits per heavy atom. The van der Waals surface area contributed by atoms with Gasteiger partial charge in [-0.05, 0) is 30.0 Å². The monoisotopic (exact) mass is 264 g/mol. The van der Waals surface area contributed by atoms with Crippen LogP contribution in [0.2, 0.25) is 0 Å². The van der Waals surface area contributed by atoms with Crippen molar-refractivity contribution in [3.8, 4) is 11.6 Å². The Kier molecular flexibility index (Phi) is 3.35. The molecule has 1 aromatic heterocycles. The van der Waals surface area contributed by atoms with Crippen LogP contribution in [0.25, 0.3) is 10.8 Å². The fraction of sp³-hybridized carbons (Fsp3) is 0.118. The number of ether oxygens (including phenoxy) is 1. The molecule has 0 fully saturated rings. The minimum atomic E-state index is -0.0344. The third-order valence-corrected chi connectivity index (χ3v) is 3.25. The smallest absolute Gasteiger partial charge is 0.219 e. The Bertz CT molecular complexity index is 732. The van der Waals surface area contributed by atoms with Crippen molar-refractivity contribution < 1.29 is 4.74 Å². The predicted octanol–water partition coefficient (Wildman–Crippen LogP) is 4.05. The maximum absolute atomic E-state index is 5.92. The summed E-state index contributed by atoms with van der Waals surface area (Å²) in [5.74, 6) is 1.37. The summed E-state index contributed by atoms with van der Waals surface area (Å²) in [6.45, 7) is 1.94. The highest BCUT2D eigenvalue weighted by atomic mass is 16.5. The third-order valence-electron chi connectivity index (χ3n) is 3.25. The van der Waals surface area contributed by atoms with Gasteiger partial charge < -0.3 is 10.5 Å². The van der Waals surface area contributed by atoms with E-state index in [9.17, 15) is 0 Å². The maximum Gasteiger partial charge on any atom is 0.219 e. The summed E-state index contributed by atoms with van der Waals surface area (Å²) in [6.07, 6.45) is 1.72. The second-order valence-corrected chi connectivity index (χ2v) is 4.80. The Labute approximate surface area is 118 Å². The van der Waals surface area contributed by atoms with Crippen LogP contribution in [0.3, 0.4) is 0 Å². The molecule has 1 atom stereocenters. The quantitative estimate of drug-likeness (QED) is 0.776. The molecule has 0 saturated carbocycles. The zero-order valence-corrected chi connectivity index (χ0v) is 11.3. The van der Waals surface area contributed by atoms with E-state index >= 15 is 0 Å². The normalized spacial score (nSPS) is 12.3. The van der Waals surface area contributed by atoms with Crippen LogP contribution in [0.4, 0.5) is 0 Å². The largest absolute Gasteiger partial charge is 0.438 e. The van der Waals surface area contributed by atoms with E-state index in [0.29, 0.717) is 5.88 Å². The van der Waals surface area contributed by atoms with E-state index < -0.39 is 0 Å².